The molecule has 0 aromatic heterocycles. The highest BCUT2D eigenvalue weighted by Gasteiger charge is 2.66. The maximum Gasteiger partial charge on any atom is 0.315 e. The van der Waals surface area contributed by atoms with E-state index in [1.807, 2.05) is 31.2 Å². The Morgan fingerprint density at radius 2 is 2.21 bits per heavy atom. The zero-order valence-electron chi connectivity index (χ0n) is 14.1. The summed E-state index contributed by atoms with van der Waals surface area (Å²) < 4.78 is 5.88. The van der Waals surface area contributed by atoms with Crippen molar-refractivity contribution in [1.29, 1.82) is 0 Å². The predicted molar refractivity (Wildman–Crippen MR) is 90.6 cm³/mol. The van der Waals surface area contributed by atoms with Crippen LogP contribution in [0.2, 0.25) is 0 Å². The van der Waals surface area contributed by atoms with Crippen molar-refractivity contribution in [3.63, 3.8) is 0 Å². The molecule has 3 N–H and O–H groups in total. The third kappa shape index (κ3) is 2.42. The number of aliphatic hydroxyl groups excluding tert-OH is 1. The van der Waals surface area contributed by atoms with Crippen LogP contribution in [0.25, 0.3) is 0 Å². The number of carbonyl (C=O) groups excluding carboxylic acids is 1. The molecular formula is C19H26N2O3. The molecule has 1 spiro atoms. The number of carbonyl (C=O) groups is 1. The molecule has 3 fully saturated rings. The molecule has 130 valence electrons. The quantitative estimate of drug-likeness (QED) is 0.793. The molecule has 1 aromatic carbocycles. The Labute approximate surface area is 142 Å². The van der Waals surface area contributed by atoms with Gasteiger partial charge >= 0.3 is 6.03 Å². The van der Waals surface area contributed by atoms with Gasteiger partial charge in [0, 0.05) is 30.5 Å². The first-order valence-corrected chi connectivity index (χ1v) is 9.01. The second kappa shape index (κ2) is 6.05. The molecule has 1 heterocycles. The van der Waals surface area contributed by atoms with Crippen molar-refractivity contribution >= 4 is 6.03 Å². The number of aryl methyl sites for hydroxylation is 1. The Balaban J connectivity index is 1.32. The zero-order chi connectivity index (χ0) is 16.7. The molecule has 2 saturated carbocycles. The minimum absolute atomic E-state index is 0.177. The molecule has 1 aliphatic heterocycles. The first kappa shape index (κ1) is 15.9. The molecule has 1 saturated heterocycles. The zero-order valence-corrected chi connectivity index (χ0v) is 14.1. The molecule has 24 heavy (non-hydrogen) atoms. The Hall–Kier alpha value is -1.59. The van der Waals surface area contributed by atoms with E-state index in [1.54, 1.807) is 0 Å². The van der Waals surface area contributed by atoms with Crippen LogP contribution in [-0.2, 0) is 4.74 Å². The summed E-state index contributed by atoms with van der Waals surface area (Å²) in [6.45, 7) is 3.01. The first-order valence-electron chi connectivity index (χ1n) is 9.01. The maximum atomic E-state index is 12.3. The Bertz CT molecular complexity index is 629. The number of fused-ring (bicyclic) bond motifs is 2. The van der Waals surface area contributed by atoms with E-state index in [9.17, 15) is 9.90 Å². The number of aliphatic hydroxyl groups is 1. The number of ether oxygens (including phenoxy) is 1. The number of hydrogen-bond donors (Lipinski definition) is 3. The topological polar surface area (TPSA) is 70.6 Å². The summed E-state index contributed by atoms with van der Waals surface area (Å²) in [7, 11) is 0. The fraction of sp³-hybridized carbons (Fsp3) is 0.632. The molecule has 0 bridgehead atoms. The van der Waals surface area contributed by atoms with Crippen molar-refractivity contribution in [2.45, 2.75) is 50.9 Å². The van der Waals surface area contributed by atoms with Crippen LogP contribution in [0.4, 0.5) is 4.79 Å². The SMILES string of the molecule is Cc1ccccc1C(O)CNC(=O)NC1C2CCOC2C12CCC2. The van der Waals surface area contributed by atoms with E-state index >= 15 is 0 Å². The highest BCUT2D eigenvalue weighted by atomic mass is 16.5. The number of nitrogens with one attached hydrogen (secondary N) is 2. The van der Waals surface area contributed by atoms with Gasteiger partial charge < -0.3 is 20.5 Å². The molecule has 2 amide bonds. The Morgan fingerprint density at radius 3 is 2.92 bits per heavy atom. The summed E-state index contributed by atoms with van der Waals surface area (Å²) in [5.41, 5.74) is 2.08. The second-order valence-electron chi connectivity index (χ2n) is 7.54. The van der Waals surface area contributed by atoms with E-state index in [-0.39, 0.29) is 24.0 Å². The van der Waals surface area contributed by atoms with Gasteiger partial charge in [0.15, 0.2) is 0 Å². The number of rotatable bonds is 4. The average Bonchev–Trinajstić information content (AvgIpc) is 2.94. The van der Waals surface area contributed by atoms with Crippen LogP contribution in [0.3, 0.4) is 0 Å². The molecule has 4 rings (SSSR count). The van der Waals surface area contributed by atoms with E-state index in [0.29, 0.717) is 12.0 Å². The highest BCUT2D eigenvalue weighted by Crippen LogP contribution is 2.62. The third-order valence-corrected chi connectivity index (χ3v) is 6.33. The van der Waals surface area contributed by atoms with Gasteiger partial charge in [-0.2, -0.15) is 0 Å². The van der Waals surface area contributed by atoms with Gasteiger partial charge in [-0.05, 0) is 37.3 Å². The molecule has 5 heteroatoms. The lowest BCUT2D eigenvalue weighted by Gasteiger charge is -2.63. The normalized spacial score (nSPS) is 30.8. The summed E-state index contributed by atoms with van der Waals surface area (Å²) in [4.78, 5) is 12.3. The van der Waals surface area contributed by atoms with Gasteiger partial charge in [-0.1, -0.05) is 30.7 Å². The summed E-state index contributed by atoms with van der Waals surface area (Å²) >= 11 is 0. The molecule has 2 aliphatic carbocycles. The summed E-state index contributed by atoms with van der Waals surface area (Å²) in [5, 5.41) is 16.3. The fourth-order valence-corrected chi connectivity index (χ4v) is 4.91. The maximum absolute atomic E-state index is 12.3. The van der Waals surface area contributed by atoms with Gasteiger partial charge in [0.25, 0.3) is 0 Å². The van der Waals surface area contributed by atoms with Gasteiger partial charge in [-0.3, -0.25) is 0 Å². The summed E-state index contributed by atoms with van der Waals surface area (Å²) in [5.74, 6) is 0.470. The summed E-state index contributed by atoms with van der Waals surface area (Å²) in [6, 6.07) is 7.77. The summed E-state index contributed by atoms with van der Waals surface area (Å²) in [6.07, 6.45) is 4.27. The van der Waals surface area contributed by atoms with Crippen LogP contribution in [-0.4, -0.2) is 36.4 Å². The first-order chi connectivity index (χ1) is 11.6. The Kier molecular flexibility index (Phi) is 4.01. The van der Waals surface area contributed by atoms with Crippen molar-refractivity contribution < 1.29 is 14.6 Å². The monoisotopic (exact) mass is 330 g/mol. The largest absolute Gasteiger partial charge is 0.387 e. The number of amides is 2. The number of benzene rings is 1. The lowest BCUT2D eigenvalue weighted by molar-refractivity contribution is -0.172. The molecular weight excluding hydrogens is 304 g/mol. The van der Waals surface area contributed by atoms with Crippen molar-refractivity contribution in [3.05, 3.63) is 35.4 Å². The minimum Gasteiger partial charge on any atom is -0.387 e. The van der Waals surface area contributed by atoms with Crippen LogP contribution < -0.4 is 10.6 Å². The fourth-order valence-electron chi connectivity index (χ4n) is 4.91. The van der Waals surface area contributed by atoms with Crippen molar-refractivity contribution in [2.24, 2.45) is 11.3 Å². The van der Waals surface area contributed by atoms with Gasteiger partial charge in [-0.15, -0.1) is 0 Å². The van der Waals surface area contributed by atoms with Crippen molar-refractivity contribution in [3.8, 4) is 0 Å². The average molecular weight is 330 g/mol. The van der Waals surface area contributed by atoms with Gasteiger partial charge in [0.1, 0.15) is 0 Å². The Morgan fingerprint density at radius 1 is 1.42 bits per heavy atom. The lowest BCUT2D eigenvalue weighted by atomic mass is 9.46. The van der Waals surface area contributed by atoms with Crippen LogP contribution in [0, 0.1) is 18.3 Å². The molecule has 0 radical (unpaired) electrons. The van der Waals surface area contributed by atoms with Crippen LogP contribution in [0.15, 0.2) is 24.3 Å². The van der Waals surface area contributed by atoms with E-state index in [4.69, 9.17) is 4.74 Å². The standard InChI is InChI=1S/C19H26N2O3/c1-12-5-2-3-6-13(12)15(22)11-20-18(23)21-16-14-7-10-24-17(14)19(16)8-4-9-19/h2-3,5-6,14-17,22H,4,7-11H2,1H3,(H2,20,21,23). The predicted octanol–water partition coefficient (Wildman–Crippen LogP) is 2.29. The van der Waals surface area contributed by atoms with Crippen LogP contribution in [0.5, 0.6) is 0 Å². The molecule has 4 unspecified atom stereocenters. The minimum atomic E-state index is -0.682. The number of urea groups is 1. The van der Waals surface area contributed by atoms with E-state index in [1.165, 1.54) is 6.42 Å². The van der Waals surface area contributed by atoms with Gasteiger partial charge in [0.05, 0.1) is 12.2 Å². The van der Waals surface area contributed by atoms with Crippen LogP contribution in [0.1, 0.15) is 42.9 Å². The molecule has 4 atom stereocenters. The van der Waals surface area contributed by atoms with Gasteiger partial charge in [-0.25, -0.2) is 4.79 Å². The second-order valence-corrected chi connectivity index (χ2v) is 7.54. The lowest BCUT2D eigenvalue weighted by Crippen LogP contribution is -2.72. The highest BCUT2D eigenvalue weighted by molar-refractivity contribution is 5.74. The van der Waals surface area contributed by atoms with E-state index in [0.717, 1.165) is 37.0 Å². The third-order valence-electron chi connectivity index (χ3n) is 6.33. The van der Waals surface area contributed by atoms with E-state index < -0.39 is 6.10 Å². The molecule has 5 nitrogen and oxygen atoms in total. The smallest absolute Gasteiger partial charge is 0.315 e. The number of hydrogen-bond acceptors (Lipinski definition) is 3. The van der Waals surface area contributed by atoms with Crippen molar-refractivity contribution in [2.75, 3.05) is 13.2 Å². The van der Waals surface area contributed by atoms with Crippen LogP contribution >= 0.6 is 0 Å². The van der Waals surface area contributed by atoms with Gasteiger partial charge in [0.2, 0.25) is 0 Å². The van der Waals surface area contributed by atoms with Crippen molar-refractivity contribution in [1.82, 2.24) is 10.6 Å². The van der Waals surface area contributed by atoms with E-state index in [2.05, 4.69) is 10.6 Å². The molecule has 3 aliphatic rings. The molecule has 1 aromatic rings.